The number of hydrogen-bond donors (Lipinski definition) is 2. The van der Waals surface area contributed by atoms with Crippen LogP contribution < -0.4 is 4.74 Å². The molecule has 0 spiro atoms. The van der Waals surface area contributed by atoms with Crippen LogP contribution in [0.3, 0.4) is 0 Å². The van der Waals surface area contributed by atoms with Gasteiger partial charge in [-0.3, -0.25) is 0 Å². The van der Waals surface area contributed by atoms with E-state index >= 15 is 0 Å². The number of benzene rings is 3. The number of thiophene rings is 1. The van der Waals surface area contributed by atoms with Crippen LogP contribution in [0.4, 0.5) is 4.39 Å². The van der Waals surface area contributed by atoms with Crippen LogP contribution in [0.1, 0.15) is 5.56 Å². The molecule has 0 saturated heterocycles. The molecule has 0 bridgehead atoms. The molecule has 4 rings (SSSR count). The molecule has 0 saturated carbocycles. The molecule has 0 radical (unpaired) electrons. The van der Waals surface area contributed by atoms with Gasteiger partial charge in [-0.25, -0.2) is 9.18 Å². The summed E-state index contributed by atoms with van der Waals surface area (Å²) in [6, 6.07) is 18.2. The van der Waals surface area contributed by atoms with Gasteiger partial charge in [-0.15, -0.1) is 11.3 Å². The second-order valence-corrected chi connectivity index (χ2v) is 7.35. The molecule has 0 unspecified atom stereocenters. The molecular weight excluding hydrogens is 391 g/mol. The van der Waals surface area contributed by atoms with E-state index in [4.69, 9.17) is 9.84 Å². The van der Waals surface area contributed by atoms with Gasteiger partial charge in [0, 0.05) is 16.2 Å². The minimum absolute atomic E-state index is 0.144. The molecule has 0 aliphatic rings. The van der Waals surface area contributed by atoms with Gasteiger partial charge in [0.2, 0.25) is 0 Å². The quantitative estimate of drug-likeness (QED) is 0.382. The first kappa shape index (κ1) is 18.7. The number of rotatable bonds is 5. The van der Waals surface area contributed by atoms with Crippen molar-refractivity contribution in [3.63, 3.8) is 0 Å². The summed E-state index contributed by atoms with van der Waals surface area (Å²) in [4.78, 5) is 11.4. The summed E-state index contributed by atoms with van der Waals surface area (Å²) in [5, 5.41) is 19.3. The molecule has 0 aliphatic heterocycles. The van der Waals surface area contributed by atoms with Gasteiger partial charge in [0.15, 0.2) is 5.75 Å². The number of phenolic OH excluding ortho intramolecular Hbond substituents is 1. The minimum atomic E-state index is -1.02. The average Bonchev–Trinajstić information content (AvgIpc) is 3.05. The highest BCUT2D eigenvalue weighted by Crippen LogP contribution is 2.47. The van der Waals surface area contributed by atoms with Gasteiger partial charge in [-0.05, 0) is 59.7 Å². The predicted molar refractivity (Wildman–Crippen MR) is 112 cm³/mol. The van der Waals surface area contributed by atoms with Crippen LogP contribution in [-0.2, 0) is 4.79 Å². The summed E-state index contributed by atoms with van der Waals surface area (Å²) in [7, 11) is 0. The molecule has 4 nitrogen and oxygen atoms in total. The number of carboxylic acids is 1. The molecule has 29 heavy (non-hydrogen) atoms. The first-order valence-electron chi connectivity index (χ1n) is 8.70. The Kier molecular flexibility index (Phi) is 5.01. The molecule has 1 aromatic heterocycles. The molecule has 6 heteroatoms. The topological polar surface area (TPSA) is 66.8 Å². The van der Waals surface area contributed by atoms with E-state index in [1.807, 2.05) is 0 Å². The number of carboxylic acid groups (broad SMARTS) is 1. The van der Waals surface area contributed by atoms with Gasteiger partial charge in [0.25, 0.3) is 0 Å². The molecule has 0 fully saturated rings. The van der Waals surface area contributed by atoms with Crippen molar-refractivity contribution < 1.29 is 24.1 Å². The lowest BCUT2D eigenvalue weighted by Gasteiger charge is -2.09. The lowest BCUT2D eigenvalue weighted by atomic mass is 10.1. The van der Waals surface area contributed by atoms with Crippen LogP contribution >= 0.6 is 11.3 Å². The normalized spacial score (nSPS) is 11.2. The average molecular weight is 406 g/mol. The lowest BCUT2D eigenvalue weighted by Crippen LogP contribution is -1.87. The summed E-state index contributed by atoms with van der Waals surface area (Å²) in [5.74, 6) is -0.0839. The molecule has 144 valence electrons. The summed E-state index contributed by atoms with van der Waals surface area (Å²) in [6.45, 7) is 0. The van der Waals surface area contributed by atoms with Crippen LogP contribution in [0.2, 0.25) is 0 Å². The maximum atomic E-state index is 13.8. The molecule has 4 aromatic rings. The fourth-order valence-electron chi connectivity index (χ4n) is 2.92. The van der Waals surface area contributed by atoms with Crippen LogP contribution in [0.15, 0.2) is 72.8 Å². The summed E-state index contributed by atoms with van der Waals surface area (Å²) in [5.41, 5.74) is 1.41. The van der Waals surface area contributed by atoms with Gasteiger partial charge in [-0.1, -0.05) is 24.3 Å². The van der Waals surface area contributed by atoms with Crippen molar-refractivity contribution in [2.75, 3.05) is 0 Å². The van der Waals surface area contributed by atoms with Crippen molar-refractivity contribution in [2.24, 2.45) is 0 Å². The van der Waals surface area contributed by atoms with Crippen molar-refractivity contribution in [1.82, 2.24) is 0 Å². The second-order valence-electron chi connectivity index (χ2n) is 6.29. The van der Waals surface area contributed by atoms with Crippen LogP contribution in [-0.4, -0.2) is 16.2 Å². The van der Waals surface area contributed by atoms with E-state index in [1.54, 1.807) is 54.6 Å². The van der Waals surface area contributed by atoms with Gasteiger partial charge in [0.1, 0.15) is 17.3 Å². The van der Waals surface area contributed by atoms with Gasteiger partial charge >= 0.3 is 5.97 Å². The Labute approximate surface area is 169 Å². The highest BCUT2D eigenvalue weighted by Gasteiger charge is 2.17. The Morgan fingerprint density at radius 2 is 1.83 bits per heavy atom. The largest absolute Gasteiger partial charge is 0.508 e. The molecule has 0 aliphatic carbocycles. The third-order valence-corrected chi connectivity index (χ3v) is 5.42. The fraction of sp³-hybridized carbons (Fsp3) is 0. The smallest absolute Gasteiger partial charge is 0.328 e. The minimum Gasteiger partial charge on any atom is -0.508 e. The number of halogens is 1. The third kappa shape index (κ3) is 4.12. The second kappa shape index (κ2) is 7.77. The summed E-state index contributed by atoms with van der Waals surface area (Å²) < 4.78 is 20.7. The maximum Gasteiger partial charge on any atom is 0.328 e. The lowest BCUT2D eigenvalue weighted by molar-refractivity contribution is -0.131. The zero-order valence-corrected chi connectivity index (χ0v) is 15.8. The fourth-order valence-corrected chi connectivity index (χ4v) is 4.07. The Hall–Kier alpha value is -3.64. The van der Waals surface area contributed by atoms with Gasteiger partial charge in [-0.2, -0.15) is 0 Å². The zero-order valence-electron chi connectivity index (χ0n) is 15.0. The van der Waals surface area contributed by atoms with E-state index in [2.05, 4.69) is 0 Å². The standard InChI is InChI=1S/C23H15FO4S/c24-16-3-1-2-15(12-16)23-22(19-10-7-17(25)13-20(19)29-23)28-18-8-4-14(5-9-18)6-11-21(26)27/h1-13,25H,(H,26,27). The van der Waals surface area contributed by atoms with Gasteiger partial charge in [0.05, 0.1) is 4.88 Å². The van der Waals surface area contributed by atoms with Crippen molar-refractivity contribution in [3.8, 4) is 27.7 Å². The van der Waals surface area contributed by atoms with Crippen LogP contribution in [0.5, 0.6) is 17.2 Å². The molecule has 2 N–H and O–H groups in total. The first-order valence-corrected chi connectivity index (χ1v) is 9.51. The summed E-state index contributed by atoms with van der Waals surface area (Å²) in [6.07, 6.45) is 2.56. The van der Waals surface area contributed by atoms with E-state index < -0.39 is 5.97 Å². The van der Waals surface area contributed by atoms with Crippen molar-refractivity contribution in [2.45, 2.75) is 0 Å². The molecule has 0 atom stereocenters. The van der Waals surface area contributed by atoms with E-state index in [1.165, 1.54) is 29.5 Å². The van der Waals surface area contributed by atoms with E-state index in [0.29, 0.717) is 17.1 Å². The predicted octanol–water partition coefficient (Wildman–Crippen LogP) is 6.30. The van der Waals surface area contributed by atoms with E-state index in [-0.39, 0.29) is 11.6 Å². The third-order valence-electron chi connectivity index (χ3n) is 4.23. The number of hydrogen-bond acceptors (Lipinski definition) is 4. The molecule has 0 amide bonds. The van der Waals surface area contributed by atoms with Gasteiger partial charge < -0.3 is 14.9 Å². The number of aromatic hydroxyl groups is 1. The SMILES string of the molecule is O=C(O)C=Cc1ccc(Oc2c(-c3cccc(F)c3)sc3cc(O)ccc23)cc1. The van der Waals surface area contributed by atoms with Crippen molar-refractivity contribution in [3.05, 3.63) is 84.2 Å². The first-order chi connectivity index (χ1) is 14.0. The summed E-state index contributed by atoms with van der Waals surface area (Å²) >= 11 is 1.41. The highest BCUT2D eigenvalue weighted by atomic mass is 32.1. The molecular formula is C23H15FO4S. The zero-order chi connectivity index (χ0) is 20.4. The van der Waals surface area contributed by atoms with Crippen LogP contribution in [0.25, 0.3) is 26.6 Å². The Morgan fingerprint density at radius 3 is 2.55 bits per heavy atom. The number of fused-ring (bicyclic) bond motifs is 1. The van der Waals surface area contributed by atoms with E-state index in [9.17, 15) is 14.3 Å². The molecule has 1 heterocycles. The number of ether oxygens (including phenoxy) is 1. The highest BCUT2D eigenvalue weighted by molar-refractivity contribution is 7.22. The number of phenols is 1. The number of aliphatic carboxylic acids is 1. The Morgan fingerprint density at radius 1 is 1.03 bits per heavy atom. The monoisotopic (exact) mass is 406 g/mol. The van der Waals surface area contributed by atoms with Crippen molar-refractivity contribution >= 4 is 33.5 Å². The maximum absolute atomic E-state index is 13.8. The van der Waals surface area contributed by atoms with E-state index in [0.717, 1.165) is 26.6 Å². The Bertz CT molecular complexity index is 1230. The van der Waals surface area contributed by atoms with Crippen molar-refractivity contribution in [1.29, 1.82) is 0 Å². The van der Waals surface area contributed by atoms with Crippen LogP contribution in [0, 0.1) is 5.82 Å². The molecule has 3 aromatic carbocycles. The number of carbonyl (C=O) groups is 1. The Balaban J connectivity index is 1.76.